The molecule has 1 saturated heterocycles. The molecule has 4 heterocycles. The number of piperazine rings is 1. The van der Waals surface area contributed by atoms with E-state index in [1.54, 1.807) is 23.7 Å². The van der Waals surface area contributed by atoms with E-state index in [0.717, 1.165) is 39.4 Å². The molecule has 3 aromatic heterocycles. The van der Waals surface area contributed by atoms with Crippen LogP contribution in [0.3, 0.4) is 0 Å². The van der Waals surface area contributed by atoms with Gasteiger partial charge in [-0.05, 0) is 30.5 Å². The van der Waals surface area contributed by atoms with Crippen molar-refractivity contribution in [1.82, 2.24) is 24.4 Å². The average Bonchev–Trinajstić information content (AvgIpc) is 3.43. The zero-order chi connectivity index (χ0) is 20.5. The maximum atomic E-state index is 13.3. The van der Waals surface area contributed by atoms with Gasteiger partial charge >= 0.3 is 0 Å². The van der Waals surface area contributed by atoms with Crippen molar-refractivity contribution in [2.75, 3.05) is 37.3 Å². The lowest BCUT2D eigenvalue weighted by atomic mass is 10.2. The van der Waals surface area contributed by atoms with Crippen molar-refractivity contribution < 1.29 is 4.79 Å². The van der Waals surface area contributed by atoms with Crippen LogP contribution in [0.4, 0.5) is 5.13 Å². The largest absolute Gasteiger partial charge is 0.344 e. The van der Waals surface area contributed by atoms with Gasteiger partial charge in [0.25, 0.3) is 5.91 Å². The zero-order valence-electron chi connectivity index (χ0n) is 16.4. The molecule has 4 aromatic rings. The number of pyridine rings is 1. The van der Waals surface area contributed by atoms with E-state index in [0.29, 0.717) is 18.8 Å². The van der Waals surface area contributed by atoms with Crippen molar-refractivity contribution in [3.05, 3.63) is 60.6 Å². The number of hydrogen-bond donors (Lipinski definition) is 0. The van der Waals surface area contributed by atoms with E-state index in [4.69, 9.17) is 4.98 Å². The first-order valence-electron chi connectivity index (χ1n) is 9.67. The van der Waals surface area contributed by atoms with Gasteiger partial charge in [0.15, 0.2) is 10.3 Å². The Balaban J connectivity index is 1.34. The number of carbonyl (C=O) groups is 1. The summed E-state index contributed by atoms with van der Waals surface area (Å²) in [6, 6.07) is 13.8. The summed E-state index contributed by atoms with van der Waals surface area (Å²) >= 11 is 3.13. The van der Waals surface area contributed by atoms with Crippen LogP contribution in [-0.4, -0.2) is 62.8 Å². The number of amides is 1. The minimum absolute atomic E-state index is 0.0114. The first-order valence-corrected chi connectivity index (χ1v) is 11.7. The first-order chi connectivity index (χ1) is 14.7. The number of aromatic nitrogens is 4. The van der Waals surface area contributed by atoms with Crippen molar-refractivity contribution in [3.8, 4) is 5.69 Å². The lowest BCUT2D eigenvalue weighted by Gasteiger charge is -2.34. The van der Waals surface area contributed by atoms with Gasteiger partial charge in [0.1, 0.15) is 16.0 Å². The molecule has 0 radical (unpaired) electrons. The van der Waals surface area contributed by atoms with Gasteiger partial charge in [0.05, 0.1) is 6.20 Å². The molecule has 1 fully saturated rings. The Kier molecular flexibility index (Phi) is 5.14. The van der Waals surface area contributed by atoms with Gasteiger partial charge in [-0.25, -0.2) is 15.0 Å². The van der Waals surface area contributed by atoms with Gasteiger partial charge in [-0.3, -0.25) is 9.36 Å². The van der Waals surface area contributed by atoms with Crippen LogP contribution in [0.2, 0.25) is 0 Å². The van der Waals surface area contributed by atoms with Crippen LogP contribution in [0.1, 0.15) is 10.5 Å². The second kappa shape index (κ2) is 8.08. The second-order valence-corrected chi connectivity index (χ2v) is 8.63. The number of thioether (sulfide) groups is 1. The fourth-order valence-electron chi connectivity index (χ4n) is 3.61. The number of fused-ring (bicyclic) bond motifs is 1. The Morgan fingerprint density at radius 3 is 2.57 bits per heavy atom. The molecule has 1 amide bonds. The zero-order valence-corrected chi connectivity index (χ0v) is 18.1. The van der Waals surface area contributed by atoms with Gasteiger partial charge in [-0.2, -0.15) is 0 Å². The van der Waals surface area contributed by atoms with Crippen molar-refractivity contribution in [1.29, 1.82) is 0 Å². The molecule has 30 heavy (non-hydrogen) atoms. The van der Waals surface area contributed by atoms with E-state index in [9.17, 15) is 4.79 Å². The highest BCUT2D eigenvalue weighted by molar-refractivity contribution is 7.98. The minimum atomic E-state index is 0.0114. The van der Waals surface area contributed by atoms with Crippen LogP contribution < -0.4 is 4.90 Å². The molecule has 1 aliphatic heterocycles. The van der Waals surface area contributed by atoms with Crippen LogP contribution in [0.15, 0.2) is 60.0 Å². The van der Waals surface area contributed by atoms with Crippen molar-refractivity contribution >= 4 is 44.5 Å². The van der Waals surface area contributed by atoms with Crippen LogP contribution in [-0.2, 0) is 0 Å². The molecule has 0 unspecified atom stereocenters. The molecular formula is C21H20N6OS2. The summed E-state index contributed by atoms with van der Waals surface area (Å²) in [6.45, 7) is 2.80. The Morgan fingerprint density at radius 2 is 1.83 bits per heavy atom. The van der Waals surface area contributed by atoms with Crippen LogP contribution in [0.5, 0.6) is 0 Å². The molecule has 0 spiro atoms. The molecule has 0 aliphatic carbocycles. The van der Waals surface area contributed by atoms with Gasteiger partial charge in [-0.15, -0.1) is 0 Å². The molecule has 0 atom stereocenters. The summed E-state index contributed by atoms with van der Waals surface area (Å²) < 4.78 is 1.94. The predicted octanol–water partition coefficient (Wildman–Crippen LogP) is 3.56. The van der Waals surface area contributed by atoms with Crippen LogP contribution in [0.25, 0.3) is 16.0 Å². The number of thiazole rings is 1. The van der Waals surface area contributed by atoms with Gasteiger partial charge in [-0.1, -0.05) is 41.3 Å². The van der Waals surface area contributed by atoms with Crippen LogP contribution in [0, 0.1) is 0 Å². The van der Waals surface area contributed by atoms with Crippen molar-refractivity contribution in [2.45, 2.75) is 5.16 Å². The predicted molar refractivity (Wildman–Crippen MR) is 121 cm³/mol. The Bertz CT molecular complexity index is 1150. The number of hydrogen-bond acceptors (Lipinski definition) is 7. The molecule has 0 saturated carbocycles. The standard InChI is InChI=1S/C21H20N6OS2/c1-29-20-23-14-17(27(20)15-6-3-2-4-7-15)19(28)25-10-12-26(13-11-25)21-24-16-8-5-9-22-18(16)30-21/h2-9,14H,10-13H2,1H3. The number of imidazole rings is 1. The minimum Gasteiger partial charge on any atom is -0.344 e. The number of anilines is 1. The molecule has 7 nitrogen and oxygen atoms in total. The highest BCUT2D eigenvalue weighted by Crippen LogP contribution is 2.28. The smallest absolute Gasteiger partial charge is 0.272 e. The van der Waals surface area contributed by atoms with E-state index >= 15 is 0 Å². The van der Waals surface area contributed by atoms with Gasteiger partial charge in [0, 0.05) is 38.1 Å². The summed E-state index contributed by atoms with van der Waals surface area (Å²) in [5.41, 5.74) is 2.47. The van der Waals surface area contributed by atoms with Crippen molar-refractivity contribution in [2.24, 2.45) is 0 Å². The third-order valence-corrected chi connectivity index (χ3v) is 6.83. The molecule has 9 heteroatoms. The summed E-state index contributed by atoms with van der Waals surface area (Å²) in [6.07, 6.45) is 5.45. The first kappa shape index (κ1) is 19.1. The quantitative estimate of drug-likeness (QED) is 0.456. The fourth-order valence-corrected chi connectivity index (χ4v) is 5.12. The number of carbonyl (C=O) groups excluding carboxylic acids is 1. The van der Waals surface area contributed by atoms with E-state index in [2.05, 4.69) is 14.9 Å². The molecule has 0 N–H and O–H groups in total. The summed E-state index contributed by atoms with van der Waals surface area (Å²) in [5, 5.41) is 1.78. The number of rotatable bonds is 4. The fraction of sp³-hybridized carbons (Fsp3) is 0.238. The maximum Gasteiger partial charge on any atom is 0.272 e. The van der Waals surface area contributed by atoms with Gasteiger partial charge in [0.2, 0.25) is 0 Å². The van der Waals surface area contributed by atoms with E-state index in [1.807, 2.05) is 58.2 Å². The highest BCUT2D eigenvalue weighted by Gasteiger charge is 2.27. The average molecular weight is 437 g/mol. The SMILES string of the molecule is CSc1ncc(C(=O)N2CCN(c3nc4cccnc4s3)CC2)n1-c1ccccc1. The molecule has 5 rings (SSSR count). The number of nitrogens with zero attached hydrogens (tertiary/aromatic N) is 6. The van der Waals surface area contributed by atoms with Gasteiger partial charge < -0.3 is 9.80 Å². The van der Waals surface area contributed by atoms with Crippen molar-refractivity contribution in [3.63, 3.8) is 0 Å². The highest BCUT2D eigenvalue weighted by atomic mass is 32.2. The topological polar surface area (TPSA) is 67.2 Å². The molecule has 152 valence electrons. The lowest BCUT2D eigenvalue weighted by molar-refractivity contribution is 0.0738. The molecule has 1 aliphatic rings. The van der Waals surface area contributed by atoms with E-state index in [-0.39, 0.29) is 5.91 Å². The third kappa shape index (κ3) is 3.44. The lowest BCUT2D eigenvalue weighted by Crippen LogP contribution is -2.49. The summed E-state index contributed by atoms with van der Waals surface area (Å²) in [4.78, 5) is 31.9. The molecular weight excluding hydrogens is 416 g/mol. The third-order valence-electron chi connectivity index (χ3n) is 5.14. The van der Waals surface area contributed by atoms with Crippen LogP contribution >= 0.6 is 23.1 Å². The maximum absolute atomic E-state index is 13.3. The Labute approximate surface area is 182 Å². The van der Waals surface area contributed by atoms with E-state index < -0.39 is 0 Å². The normalized spacial score (nSPS) is 14.4. The monoisotopic (exact) mass is 436 g/mol. The second-order valence-electron chi connectivity index (χ2n) is 6.90. The molecule has 0 bridgehead atoms. The number of para-hydroxylation sites is 1. The van der Waals surface area contributed by atoms with E-state index in [1.165, 1.54) is 11.8 Å². The summed E-state index contributed by atoms with van der Waals surface area (Å²) in [5.74, 6) is 0.0114. The summed E-state index contributed by atoms with van der Waals surface area (Å²) in [7, 11) is 0. The Hall–Kier alpha value is -2.91. The molecule has 1 aromatic carbocycles. The Morgan fingerprint density at radius 1 is 1.03 bits per heavy atom. The number of benzene rings is 1.